The van der Waals surface area contributed by atoms with Gasteiger partial charge in [-0.05, 0) is 23.6 Å². The maximum Gasteiger partial charge on any atom is 0.271 e. The number of carbonyl (C=O) groups excluding carboxylic acids is 2. The number of H-pyrrole nitrogens is 2. The van der Waals surface area contributed by atoms with E-state index in [0.29, 0.717) is 12.2 Å². The molecular formula is C22H21N5O2. The van der Waals surface area contributed by atoms with Crippen molar-refractivity contribution >= 4 is 28.4 Å². The second-order valence-electron chi connectivity index (χ2n) is 6.73. The van der Waals surface area contributed by atoms with Crippen molar-refractivity contribution in [1.29, 1.82) is 0 Å². The zero-order valence-electron chi connectivity index (χ0n) is 15.7. The van der Waals surface area contributed by atoms with Gasteiger partial charge in [0.05, 0.1) is 18.3 Å². The van der Waals surface area contributed by atoms with Gasteiger partial charge in [0.25, 0.3) is 5.91 Å². The minimum Gasteiger partial charge on any atom is -0.361 e. The van der Waals surface area contributed by atoms with Crippen molar-refractivity contribution in [1.82, 2.24) is 20.5 Å². The highest BCUT2D eigenvalue weighted by molar-refractivity contribution is 6.03. The number of nitrogens with one attached hydrogen (secondary N) is 4. The molecule has 4 rings (SSSR count). The van der Waals surface area contributed by atoms with Crippen molar-refractivity contribution < 1.29 is 9.59 Å². The Labute approximate surface area is 167 Å². The van der Waals surface area contributed by atoms with E-state index in [0.717, 1.165) is 28.5 Å². The van der Waals surface area contributed by atoms with Crippen LogP contribution >= 0.6 is 0 Å². The number of aromatic amines is 2. The lowest BCUT2D eigenvalue weighted by atomic mass is 10.1. The minimum absolute atomic E-state index is 0.199. The number of anilines is 1. The normalized spacial score (nSPS) is 10.8. The van der Waals surface area contributed by atoms with Gasteiger partial charge in [0.2, 0.25) is 5.91 Å². The molecule has 4 aromatic rings. The highest BCUT2D eigenvalue weighted by Gasteiger charge is 2.16. The number of para-hydroxylation sites is 1. The van der Waals surface area contributed by atoms with Crippen LogP contribution in [0.4, 0.5) is 5.69 Å². The number of rotatable bonds is 7. The second-order valence-corrected chi connectivity index (χ2v) is 6.73. The summed E-state index contributed by atoms with van der Waals surface area (Å²) in [5.74, 6) is -0.518. The number of fused-ring (bicyclic) bond motifs is 1. The molecule has 7 heteroatoms. The number of benzene rings is 2. The zero-order chi connectivity index (χ0) is 20.1. The van der Waals surface area contributed by atoms with Gasteiger partial charge >= 0.3 is 0 Å². The van der Waals surface area contributed by atoms with E-state index in [4.69, 9.17) is 0 Å². The van der Waals surface area contributed by atoms with E-state index in [-0.39, 0.29) is 23.9 Å². The molecule has 0 aliphatic heterocycles. The van der Waals surface area contributed by atoms with Crippen LogP contribution < -0.4 is 10.6 Å². The largest absolute Gasteiger partial charge is 0.361 e. The average molecular weight is 387 g/mol. The Bertz CT molecular complexity index is 1130. The van der Waals surface area contributed by atoms with Crippen LogP contribution in [0.15, 0.2) is 67.0 Å². The maximum atomic E-state index is 12.5. The summed E-state index contributed by atoms with van der Waals surface area (Å²) in [5, 5.41) is 13.2. The predicted octanol–water partition coefficient (Wildman–Crippen LogP) is 3.04. The molecule has 0 aliphatic rings. The van der Waals surface area contributed by atoms with Crippen LogP contribution in [0.3, 0.4) is 0 Å². The quantitative estimate of drug-likeness (QED) is 0.392. The third-order valence-electron chi connectivity index (χ3n) is 4.71. The van der Waals surface area contributed by atoms with Gasteiger partial charge in [0, 0.05) is 23.6 Å². The molecule has 0 saturated carbocycles. The molecule has 29 heavy (non-hydrogen) atoms. The molecule has 0 unspecified atom stereocenters. The van der Waals surface area contributed by atoms with E-state index in [2.05, 4.69) is 25.8 Å². The van der Waals surface area contributed by atoms with E-state index in [1.54, 1.807) is 0 Å². The van der Waals surface area contributed by atoms with Crippen LogP contribution in [-0.4, -0.2) is 33.5 Å². The fourth-order valence-electron chi connectivity index (χ4n) is 3.25. The molecule has 0 atom stereocenters. The Hall–Kier alpha value is -3.87. The standard InChI is InChI=1S/C22H21N5O2/c28-20(12-16-13-24-18-9-5-4-8-17(16)18)26-19-14-25-27-21(19)22(29)23-11-10-15-6-2-1-3-7-15/h1-9,13-14,24H,10-12H2,(H,23,29)(H,25,27)(H,26,28). The summed E-state index contributed by atoms with van der Waals surface area (Å²) in [5.41, 5.74) is 3.63. The van der Waals surface area contributed by atoms with Gasteiger partial charge in [-0.1, -0.05) is 48.5 Å². The molecule has 0 radical (unpaired) electrons. The average Bonchev–Trinajstić information content (AvgIpc) is 3.36. The van der Waals surface area contributed by atoms with Gasteiger partial charge in [-0.15, -0.1) is 0 Å². The Balaban J connectivity index is 1.35. The van der Waals surface area contributed by atoms with Gasteiger partial charge in [0.1, 0.15) is 5.69 Å². The highest BCUT2D eigenvalue weighted by atomic mass is 16.2. The zero-order valence-corrected chi connectivity index (χ0v) is 15.7. The van der Waals surface area contributed by atoms with Gasteiger partial charge in [0.15, 0.2) is 0 Å². The third kappa shape index (κ3) is 4.35. The van der Waals surface area contributed by atoms with Crippen molar-refractivity contribution in [2.75, 3.05) is 11.9 Å². The minimum atomic E-state index is -0.305. The summed E-state index contributed by atoms with van der Waals surface area (Å²) in [6.45, 7) is 0.491. The van der Waals surface area contributed by atoms with Crippen LogP contribution in [0, 0.1) is 0 Å². The van der Waals surface area contributed by atoms with E-state index >= 15 is 0 Å². The first-order valence-electron chi connectivity index (χ1n) is 9.41. The third-order valence-corrected chi connectivity index (χ3v) is 4.71. The number of hydrogen-bond donors (Lipinski definition) is 4. The first kappa shape index (κ1) is 18.5. The highest BCUT2D eigenvalue weighted by Crippen LogP contribution is 2.19. The summed E-state index contributed by atoms with van der Waals surface area (Å²) in [6.07, 6.45) is 4.20. The lowest BCUT2D eigenvalue weighted by Gasteiger charge is -2.07. The van der Waals surface area contributed by atoms with Crippen LogP contribution in [0.5, 0.6) is 0 Å². The molecule has 0 fully saturated rings. The van der Waals surface area contributed by atoms with Gasteiger partial charge in [-0.3, -0.25) is 14.7 Å². The van der Waals surface area contributed by atoms with E-state index < -0.39 is 0 Å². The van der Waals surface area contributed by atoms with Crippen molar-refractivity contribution in [3.05, 3.63) is 83.8 Å². The molecule has 2 aromatic carbocycles. The van der Waals surface area contributed by atoms with Crippen LogP contribution in [0.1, 0.15) is 21.6 Å². The Morgan fingerprint density at radius 2 is 1.79 bits per heavy atom. The lowest BCUT2D eigenvalue weighted by molar-refractivity contribution is -0.115. The molecule has 146 valence electrons. The molecular weight excluding hydrogens is 366 g/mol. The predicted molar refractivity (Wildman–Crippen MR) is 112 cm³/mol. The lowest BCUT2D eigenvalue weighted by Crippen LogP contribution is -2.27. The van der Waals surface area contributed by atoms with Crippen LogP contribution in [0.2, 0.25) is 0 Å². The fourth-order valence-corrected chi connectivity index (χ4v) is 3.25. The van der Waals surface area contributed by atoms with Gasteiger partial charge in [-0.25, -0.2) is 0 Å². The van der Waals surface area contributed by atoms with Gasteiger partial charge in [-0.2, -0.15) is 5.10 Å². The molecule has 7 nitrogen and oxygen atoms in total. The summed E-state index contributed by atoms with van der Waals surface area (Å²) >= 11 is 0. The van der Waals surface area contributed by atoms with Crippen molar-refractivity contribution in [2.24, 2.45) is 0 Å². The number of hydrogen-bond acceptors (Lipinski definition) is 3. The van der Waals surface area contributed by atoms with Crippen LogP contribution in [-0.2, 0) is 17.6 Å². The summed E-state index contributed by atoms with van der Waals surface area (Å²) in [6, 6.07) is 17.7. The van der Waals surface area contributed by atoms with Crippen molar-refractivity contribution in [3.63, 3.8) is 0 Å². The number of amides is 2. The first-order valence-corrected chi connectivity index (χ1v) is 9.41. The number of carbonyl (C=O) groups is 2. The molecule has 2 amide bonds. The Morgan fingerprint density at radius 1 is 1.00 bits per heavy atom. The number of aromatic nitrogens is 3. The summed E-state index contributed by atoms with van der Waals surface area (Å²) in [7, 11) is 0. The molecule has 0 spiro atoms. The topological polar surface area (TPSA) is 103 Å². The smallest absolute Gasteiger partial charge is 0.271 e. The molecule has 2 heterocycles. The van der Waals surface area contributed by atoms with Gasteiger partial charge < -0.3 is 15.6 Å². The maximum absolute atomic E-state index is 12.5. The van der Waals surface area contributed by atoms with E-state index in [1.165, 1.54) is 6.20 Å². The monoisotopic (exact) mass is 387 g/mol. The summed E-state index contributed by atoms with van der Waals surface area (Å²) in [4.78, 5) is 28.1. The Morgan fingerprint density at radius 3 is 2.66 bits per heavy atom. The van der Waals surface area contributed by atoms with Crippen LogP contribution in [0.25, 0.3) is 10.9 Å². The fraction of sp³-hybridized carbons (Fsp3) is 0.136. The number of nitrogens with zero attached hydrogens (tertiary/aromatic N) is 1. The Kier molecular flexibility index (Phi) is 5.38. The first-order chi connectivity index (χ1) is 14.2. The molecule has 2 aromatic heterocycles. The van der Waals surface area contributed by atoms with E-state index in [1.807, 2.05) is 60.8 Å². The van der Waals surface area contributed by atoms with Crippen molar-refractivity contribution in [3.8, 4) is 0 Å². The molecule has 0 bridgehead atoms. The second kappa shape index (κ2) is 8.43. The SMILES string of the molecule is O=C(Cc1c[nH]c2ccccc12)Nc1cn[nH]c1C(=O)NCCc1ccccc1. The van der Waals surface area contributed by atoms with Crippen molar-refractivity contribution in [2.45, 2.75) is 12.8 Å². The molecule has 0 saturated heterocycles. The van der Waals surface area contributed by atoms with E-state index in [9.17, 15) is 9.59 Å². The summed E-state index contributed by atoms with van der Waals surface area (Å²) < 4.78 is 0. The molecule has 0 aliphatic carbocycles. The molecule has 4 N–H and O–H groups in total.